The van der Waals surface area contributed by atoms with Crippen LogP contribution in [0.2, 0.25) is 5.02 Å². The summed E-state index contributed by atoms with van der Waals surface area (Å²) in [6.45, 7) is 1.64. The average molecular weight is 410 g/mol. The lowest BCUT2D eigenvalue weighted by Gasteiger charge is -2.08. The molecular weight excluding hydrogens is 396 g/mol. The van der Waals surface area contributed by atoms with Gasteiger partial charge in [0.1, 0.15) is 5.75 Å². The van der Waals surface area contributed by atoms with E-state index < -0.39 is 16.9 Å². The minimum absolute atomic E-state index is 0.0844. The van der Waals surface area contributed by atoms with Crippen molar-refractivity contribution in [2.45, 2.75) is 17.3 Å². The highest BCUT2D eigenvalue weighted by Gasteiger charge is 2.21. The summed E-state index contributed by atoms with van der Waals surface area (Å²) in [4.78, 5) is 16.8. The molecule has 0 aliphatic heterocycles. The Morgan fingerprint density at radius 2 is 2.00 bits per heavy atom. The van der Waals surface area contributed by atoms with Crippen molar-refractivity contribution < 1.29 is 18.3 Å². The third-order valence-corrected chi connectivity index (χ3v) is 4.93. The summed E-state index contributed by atoms with van der Waals surface area (Å²) in [5.41, 5.74) is 0.713. The van der Waals surface area contributed by atoms with Gasteiger partial charge in [0, 0.05) is 10.6 Å². The second-order valence-electron chi connectivity index (χ2n) is 5.56. The Balaban J connectivity index is 1.78. The second-order valence-corrected chi connectivity index (χ2v) is 7.31. The number of aromatic nitrogens is 3. The zero-order valence-electron chi connectivity index (χ0n) is 14.3. The Morgan fingerprint density at radius 1 is 1.22 bits per heavy atom. The molecule has 0 fully saturated rings. The third-order valence-electron chi connectivity index (χ3n) is 3.74. The number of benzene rings is 2. The number of H-pyrrole nitrogens is 1. The van der Waals surface area contributed by atoms with Gasteiger partial charge in [-0.15, -0.1) is 5.10 Å². The minimum atomic E-state index is -1.06. The van der Waals surface area contributed by atoms with E-state index in [9.17, 15) is 13.6 Å². The van der Waals surface area contributed by atoms with E-state index in [1.807, 2.05) is 0 Å². The molecule has 1 heterocycles. The smallest absolute Gasteiger partial charge is 0.209 e. The van der Waals surface area contributed by atoms with Crippen molar-refractivity contribution in [3.63, 3.8) is 0 Å². The molecule has 9 heteroatoms. The fourth-order valence-electron chi connectivity index (χ4n) is 2.38. The molecule has 0 unspecified atom stereocenters. The highest BCUT2D eigenvalue weighted by Crippen LogP contribution is 2.32. The van der Waals surface area contributed by atoms with Gasteiger partial charge in [-0.3, -0.25) is 9.89 Å². The number of Topliss-reactive ketones (excluding diaryl/α,β-unsaturated/α-hetero) is 1. The molecule has 1 atom stereocenters. The minimum Gasteiger partial charge on any atom is -0.496 e. The molecular formula is C18H14ClF2N3O2S. The molecule has 0 aliphatic carbocycles. The van der Waals surface area contributed by atoms with Gasteiger partial charge in [0.2, 0.25) is 5.16 Å². The van der Waals surface area contributed by atoms with Crippen LogP contribution in [0, 0.1) is 11.6 Å². The summed E-state index contributed by atoms with van der Waals surface area (Å²) in [7, 11) is 1.53. The molecule has 2 aromatic carbocycles. The van der Waals surface area contributed by atoms with Crippen LogP contribution in [0.5, 0.6) is 5.75 Å². The first-order chi connectivity index (χ1) is 12.9. The maximum absolute atomic E-state index is 13.3. The number of ketones is 1. The fraction of sp³-hybridized carbons (Fsp3) is 0.167. The Kier molecular flexibility index (Phi) is 5.76. The largest absolute Gasteiger partial charge is 0.496 e. The van der Waals surface area contributed by atoms with Crippen LogP contribution in [-0.2, 0) is 0 Å². The summed E-state index contributed by atoms with van der Waals surface area (Å²) in [5, 5.41) is 7.11. The van der Waals surface area contributed by atoms with Crippen LogP contribution in [0.4, 0.5) is 8.78 Å². The molecule has 0 aliphatic rings. The molecule has 0 saturated carbocycles. The monoisotopic (exact) mass is 409 g/mol. The molecule has 5 nitrogen and oxygen atoms in total. The van der Waals surface area contributed by atoms with E-state index >= 15 is 0 Å². The van der Waals surface area contributed by atoms with Gasteiger partial charge in [-0.05, 0) is 43.3 Å². The van der Waals surface area contributed by atoms with Gasteiger partial charge >= 0.3 is 0 Å². The molecule has 0 bridgehead atoms. The number of hydrogen-bond acceptors (Lipinski definition) is 5. The van der Waals surface area contributed by atoms with Gasteiger partial charge in [0.15, 0.2) is 23.2 Å². The predicted octanol–water partition coefficient (Wildman–Crippen LogP) is 4.78. The lowest BCUT2D eigenvalue weighted by Crippen LogP contribution is -2.14. The topological polar surface area (TPSA) is 67.9 Å². The number of aromatic amines is 1. The number of ether oxygens (including phenoxy) is 1. The van der Waals surface area contributed by atoms with Crippen LogP contribution in [0.25, 0.3) is 11.4 Å². The van der Waals surface area contributed by atoms with Crippen LogP contribution in [0.1, 0.15) is 17.3 Å². The van der Waals surface area contributed by atoms with E-state index in [0.717, 1.165) is 23.9 Å². The second kappa shape index (κ2) is 8.06. The van der Waals surface area contributed by atoms with Gasteiger partial charge in [0.25, 0.3) is 0 Å². The molecule has 1 aromatic heterocycles. The quantitative estimate of drug-likeness (QED) is 0.469. The van der Waals surface area contributed by atoms with Crippen molar-refractivity contribution in [1.29, 1.82) is 0 Å². The van der Waals surface area contributed by atoms with Crippen LogP contribution in [0.15, 0.2) is 41.6 Å². The Labute approximate surface area is 163 Å². The number of rotatable bonds is 6. The molecule has 27 heavy (non-hydrogen) atoms. The van der Waals surface area contributed by atoms with E-state index in [-0.39, 0.29) is 11.3 Å². The van der Waals surface area contributed by atoms with E-state index in [0.29, 0.717) is 27.3 Å². The Morgan fingerprint density at radius 3 is 2.70 bits per heavy atom. The zero-order chi connectivity index (χ0) is 19.6. The molecule has 140 valence electrons. The fourth-order valence-corrected chi connectivity index (χ4v) is 3.35. The number of thioether (sulfide) groups is 1. The Hall–Kier alpha value is -2.45. The summed E-state index contributed by atoms with van der Waals surface area (Å²) >= 11 is 7.12. The van der Waals surface area contributed by atoms with Gasteiger partial charge < -0.3 is 4.74 Å². The molecule has 0 spiro atoms. The number of halogens is 3. The molecule has 1 N–H and O–H groups in total. The van der Waals surface area contributed by atoms with E-state index in [2.05, 4.69) is 15.2 Å². The molecule has 3 aromatic rings. The first kappa shape index (κ1) is 19.3. The first-order valence-corrected chi connectivity index (χ1v) is 9.07. The van der Waals surface area contributed by atoms with Crippen molar-refractivity contribution in [2.75, 3.05) is 7.11 Å². The lowest BCUT2D eigenvalue weighted by atomic mass is 10.1. The molecule has 3 rings (SSSR count). The van der Waals surface area contributed by atoms with Crippen molar-refractivity contribution in [2.24, 2.45) is 0 Å². The van der Waals surface area contributed by atoms with E-state index in [1.165, 1.54) is 13.2 Å². The zero-order valence-corrected chi connectivity index (χ0v) is 15.9. The number of methoxy groups -OCH3 is 1. The summed E-state index contributed by atoms with van der Waals surface area (Å²) in [6.07, 6.45) is 0. The van der Waals surface area contributed by atoms with E-state index in [1.54, 1.807) is 25.1 Å². The maximum atomic E-state index is 13.3. The average Bonchev–Trinajstić information content (AvgIpc) is 3.11. The van der Waals surface area contributed by atoms with Gasteiger partial charge in [-0.25, -0.2) is 13.8 Å². The lowest BCUT2D eigenvalue weighted by molar-refractivity contribution is 0.0993. The van der Waals surface area contributed by atoms with Gasteiger partial charge in [-0.1, -0.05) is 23.4 Å². The molecule has 0 saturated heterocycles. The first-order valence-electron chi connectivity index (χ1n) is 7.81. The van der Waals surface area contributed by atoms with Crippen LogP contribution in [-0.4, -0.2) is 33.3 Å². The highest BCUT2D eigenvalue weighted by molar-refractivity contribution is 8.00. The molecule has 0 amide bonds. The van der Waals surface area contributed by atoms with Crippen molar-refractivity contribution in [3.05, 3.63) is 58.6 Å². The number of carbonyl (C=O) groups is 1. The number of nitrogens with one attached hydrogen (secondary N) is 1. The van der Waals surface area contributed by atoms with Crippen LogP contribution in [0.3, 0.4) is 0 Å². The summed E-state index contributed by atoms with van der Waals surface area (Å²) in [6, 6.07) is 8.15. The normalized spacial score (nSPS) is 12.0. The highest BCUT2D eigenvalue weighted by atomic mass is 35.5. The maximum Gasteiger partial charge on any atom is 0.209 e. The van der Waals surface area contributed by atoms with Gasteiger partial charge in [0.05, 0.1) is 17.9 Å². The Bertz CT molecular complexity index is 996. The molecule has 0 radical (unpaired) electrons. The van der Waals surface area contributed by atoms with Crippen molar-refractivity contribution in [3.8, 4) is 17.1 Å². The number of nitrogens with zero attached hydrogens (tertiary/aromatic N) is 2. The van der Waals surface area contributed by atoms with Crippen molar-refractivity contribution in [1.82, 2.24) is 15.2 Å². The van der Waals surface area contributed by atoms with Gasteiger partial charge in [-0.2, -0.15) is 0 Å². The number of hydrogen-bond donors (Lipinski definition) is 1. The third kappa shape index (κ3) is 4.28. The van der Waals surface area contributed by atoms with Crippen LogP contribution < -0.4 is 4.74 Å². The number of carbonyl (C=O) groups excluding carboxylic acids is 1. The summed E-state index contributed by atoms with van der Waals surface area (Å²) < 4.78 is 31.7. The predicted molar refractivity (Wildman–Crippen MR) is 99.4 cm³/mol. The van der Waals surface area contributed by atoms with Crippen LogP contribution >= 0.6 is 23.4 Å². The standard InChI is InChI=1S/C18H14ClF2N3O2S/c1-9(16(25)10-3-5-13(20)14(21)7-10)27-18-22-17(23-24-18)12-8-11(19)4-6-15(12)26-2/h3-9H,1-2H3,(H,22,23,24)/t9-/m0/s1. The summed E-state index contributed by atoms with van der Waals surface area (Å²) in [5.74, 6) is -1.42. The SMILES string of the molecule is COc1ccc(Cl)cc1-c1nc(S[C@@H](C)C(=O)c2ccc(F)c(F)c2)n[nH]1. The van der Waals surface area contributed by atoms with Crippen molar-refractivity contribution >= 4 is 29.1 Å². The van der Waals surface area contributed by atoms with E-state index in [4.69, 9.17) is 16.3 Å².